The number of ether oxygens (including phenoxy) is 2. The van der Waals surface area contributed by atoms with Gasteiger partial charge in [0.2, 0.25) is 5.91 Å². The maximum atomic E-state index is 12.9. The van der Waals surface area contributed by atoms with Gasteiger partial charge in [0.25, 0.3) is 11.1 Å². The summed E-state index contributed by atoms with van der Waals surface area (Å²) in [5.41, 5.74) is 3.32. The molecule has 1 aliphatic rings. The zero-order chi connectivity index (χ0) is 27.4. The molecule has 0 aliphatic carbocycles. The molecule has 0 radical (unpaired) electrons. The molecule has 1 heterocycles. The molecular formula is C31H26N2O5S. The average Bonchev–Trinajstić information content (AvgIpc) is 3.19. The van der Waals surface area contributed by atoms with E-state index in [1.165, 1.54) is 0 Å². The molecule has 3 amide bonds. The molecule has 5 rings (SSSR count). The number of hydrogen-bond donors (Lipinski definition) is 1. The van der Waals surface area contributed by atoms with Crippen LogP contribution in [0, 0.1) is 6.92 Å². The second-order valence-corrected chi connectivity index (χ2v) is 10.0. The normalized spacial score (nSPS) is 14.2. The first-order chi connectivity index (χ1) is 18.9. The quantitative estimate of drug-likeness (QED) is 0.261. The fraction of sp³-hybridized carbons (Fsp3) is 0.129. The van der Waals surface area contributed by atoms with Crippen LogP contribution in [0.25, 0.3) is 16.8 Å². The Hall–Kier alpha value is -4.56. The summed E-state index contributed by atoms with van der Waals surface area (Å²) in [7, 11) is 1.55. The number of methoxy groups -OCH3 is 1. The van der Waals surface area contributed by atoms with Crippen LogP contribution in [0.15, 0.2) is 89.8 Å². The number of amides is 3. The number of rotatable bonds is 8. The van der Waals surface area contributed by atoms with Crippen LogP contribution in [-0.2, 0) is 16.2 Å². The lowest BCUT2D eigenvalue weighted by molar-refractivity contribution is -0.127. The lowest BCUT2D eigenvalue weighted by atomic mass is 10.1. The third-order valence-electron chi connectivity index (χ3n) is 6.23. The monoisotopic (exact) mass is 538 g/mol. The van der Waals surface area contributed by atoms with Crippen LogP contribution in [0.5, 0.6) is 11.5 Å². The number of benzene rings is 4. The van der Waals surface area contributed by atoms with Crippen molar-refractivity contribution >= 4 is 51.4 Å². The van der Waals surface area contributed by atoms with Gasteiger partial charge in [-0.15, -0.1) is 0 Å². The van der Waals surface area contributed by atoms with Crippen LogP contribution >= 0.6 is 11.8 Å². The van der Waals surface area contributed by atoms with Gasteiger partial charge >= 0.3 is 0 Å². The maximum absolute atomic E-state index is 12.9. The highest BCUT2D eigenvalue weighted by molar-refractivity contribution is 8.18. The number of thioether (sulfide) groups is 1. The average molecular weight is 539 g/mol. The Balaban J connectivity index is 1.27. The molecule has 1 N–H and O–H groups in total. The van der Waals surface area contributed by atoms with Gasteiger partial charge in [-0.05, 0) is 76.5 Å². The molecule has 0 saturated carbocycles. The maximum Gasteiger partial charge on any atom is 0.294 e. The molecule has 0 aromatic heterocycles. The summed E-state index contributed by atoms with van der Waals surface area (Å²) in [6, 6.07) is 26.8. The molecule has 196 valence electrons. The highest BCUT2D eigenvalue weighted by Gasteiger charge is 2.36. The minimum atomic E-state index is -0.514. The highest BCUT2D eigenvalue weighted by atomic mass is 32.2. The third-order valence-corrected chi connectivity index (χ3v) is 7.13. The second kappa shape index (κ2) is 11.4. The van der Waals surface area contributed by atoms with Crippen molar-refractivity contribution < 1.29 is 23.9 Å². The molecule has 0 unspecified atom stereocenters. The first-order valence-electron chi connectivity index (χ1n) is 12.3. The number of nitrogens with one attached hydrogen (secondary N) is 1. The molecule has 4 aromatic rings. The SMILES string of the molecule is COc1cc(/C=C2/SC(=O)N(CC(=O)Nc3cccc(C)c3)C2=O)ccc1OCc1cccc2ccccc12. The lowest BCUT2D eigenvalue weighted by Crippen LogP contribution is -2.36. The van der Waals surface area contributed by atoms with Gasteiger partial charge in [-0.3, -0.25) is 19.3 Å². The predicted octanol–water partition coefficient (Wildman–Crippen LogP) is 6.41. The Morgan fingerprint density at radius 2 is 1.74 bits per heavy atom. The zero-order valence-corrected chi connectivity index (χ0v) is 22.3. The van der Waals surface area contributed by atoms with E-state index < -0.39 is 17.1 Å². The Morgan fingerprint density at radius 3 is 2.56 bits per heavy atom. The Morgan fingerprint density at radius 1 is 0.949 bits per heavy atom. The molecule has 0 spiro atoms. The number of carbonyl (C=O) groups excluding carboxylic acids is 3. The molecule has 0 bridgehead atoms. The number of hydrogen-bond acceptors (Lipinski definition) is 6. The Kier molecular flexibility index (Phi) is 7.65. The zero-order valence-electron chi connectivity index (χ0n) is 21.5. The fourth-order valence-electron chi connectivity index (χ4n) is 4.32. The van der Waals surface area contributed by atoms with Gasteiger partial charge in [0.05, 0.1) is 12.0 Å². The number of aryl methyl sites for hydroxylation is 1. The summed E-state index contributed by atoms with van der Waals surface area (Å²) in [6.07, 6.45) is 1.61. The molecule has 0 atom stereocenters. The second-order valence-electron chi connectivity index (χ2n) is 9.02. The van der Waals surface area contributed by atoms with Crippen LogP contribution in [0.4, 0.5) is 10.5 Å². The first-order valence-corrected chi connectivity index (χ1v) is 13.1. The highest BCUT2D eigenvalue weighted by Crippen LogP contribution is 2.35. The molecule has 1 saturated heterocycles. The third kappa shape index (κ3) is 5.97. The van der Waals surface area contributed by atoms with Crippen molar-refractivity contribution in [2.24, 2.45) is 0 Å². The van der Waals surface area contributed by atoms with Crippen molar-refractivity contribution in [3.05, 3.63) is 107 Å². The van der Waals surface area contributed by atoms with Crippen molar-refractivity contribution in [3.8, 4) is 11.5 Å². The van der Waals surface area contributed by atoms with Gasteiger partial charge in [0.1, 0.15) is 13.2 Å². The summed E-state index contributed by atoms with van der Waals surface area (Å²) >= 11 is 0.800. The van der Waals surface area contributed by atoms with E-state index in [2.05, 4.69) is 23.5 Å². The van der Waals surface area contributed by atoms with E-state index in [0.717, 1.165) is 38.6 Å². The number of anilines is 1. The van der Waals surface area contributed by atoms with E-state index in [0.29, 0.717) is 29.4 Å². The molecular weight excluding hydrogens is 512 g/mol. The van der Waals surface area contributed by atoms with Crippen molar-refractivity contribution in [1.29, 1.82) is 0 Å². The van der Waals surface area contributed by atoms with Gasteiger partial charge in [-0.1, -0.05) is 60.7 Å². The number of fused-ring (bicyclic) bond motifs is 1. The van der Waals surface area contributed by atoms with Crippen LogP contribution in [0.3, 0.4) is 0 Å². The van der Waals surface area contributed by atoms with Crippen molar-refractivity contribution in [3.63, 3.8) is 0 Å². The smallest absolute Gasteiger partial charge is 0.294 e. The van der Waals surface area contributed by atoms with Gasteiger partial charge in [0.15, 0.2) is 11.5 Å². The van der Waals surface area contributed by atoms with Crippen molar-refractivity contribution in [1.82, 2.24) is 4.90 Å². The first kappa shape index (κ1) is 26.1. The summed E-state index contributed by atoms with van der Waals surface area (Å²) in [5.74, 6) is 0.0995. The van der Waals surface area contributed by atoms with Crippen molar-refractivity contribution in [2.45, 2.75) is 13.5 Å². The summed E-state index contributed by atoms with van der Waals surface area (Å²) in [5, 5.41) is 4.50. The molecule has 7 nitrogen and oxygen atoms in total. The predicted molar refractivity (Wildman–Crippen MR) is 154 cm³/mol. The largest absolute Gasteiger partial charge is 0.493 e. The number of imide groups is 1. The minimum Gasteiger partial charge on any atom is -0.493 e. The fourth-order valence-corrected chi connectivity index (χ4v) is 5.16. The topological polar surface area (TPSA) is 84.9 Å². The summed E-state index contributed by atoms with van der Waals surface area (Å²) in [4.78, 5) is 39.1. The van der Waals surface area contributed by atoms with Crippen LogP contribution in [-0.4, -0.2) is 35.6 Å². The minimum absolute atomic E-state index is 0.231. The van der Waals surface area contributed by atoms with Crippen LogP contribution in [0.1, 0.15) is 16.7 Å². The van der Waals surface area contributed by atoms with Crippen LogP contribution in [0.2, 0.25) is 0 Å². The van der Waals surface area contributed by atoms with E-state index in [1.54, 1.807) is 37.5 Å². The Labute approximate surface area is 230 Å². The molecule has 39 heavy (non-hydrogen) atoms. The Bertz CT molecular complexity index is 1610. The summed E-state index contributed by atoms with van der Waals surface area (Å²) in [6.45, 7) is 1.91. The molecule has 1 fully saturated rings. The van der Waals surface area contributed by atoms with E-state index in [4.69, 9.17) is 9.47 Å². The van der Waals surface area contributed by atoms with Gasteiger partial charge in [-0.2, -0.15) is 0 Å². The molecule has 1 aliphatic heterocycles. The standard InChI is InChI=1S/C31H26N2O5S/c1-20-7-5-11-24(15-20)32-29(34)18-33-30(35)28(39-31(33)36)17-21-13-14-26(27(16-21)37-2)38-19-23-10-6-9-22-8-3-4-12-25(22)23/h3-17H,18-19H2,1-2H3,(H,32,34)/b28-17+. The van der Waals surface area contributed by atoms with Gasteiger partial charge in [0, 0.05) is 5.69 Å². The van der Waals surface area contributed by atoms with E-state index in [9.17, 15) is 14.4 Å². The lowest BCUT2D eigenvalue weighted by Gasteiger charge is -2.13. The van der Waals surface area contributed by atoms with E-state index in [-0.39, 0.29) is 11.4 Å². The molecule has 4 aromatic carbocycles. The number of carbonyl (C=O) groups is 3. The molecule has 8 heteroatoms. The van der Waals surface area contributed by atoms with Crippen molar-refractivity contribution in [2.75, 3.05) is 19.0 Å². The van der Waals surface area contributed by atoms with E-state index in [1.807, 2.05) is 49.4 Å². The number of nitrogens with zero attached hydrogens (tertiary/aromatic N) is 1. The summed E-state index contributed by atoms with van der Waals surface area (Å²) < 4.78 is 11.6. The van der Waals surface area contributed by atoms with Gasteiger partial charge < -0.3 is 14.8 Å². The van der Waals surface area contributed by atoms with E-state index >= 15 is 0 Å². The van der Waals surface area contributed by atoms with Gasteiger partial charge in [-0.25, -0.2) is 0 Å². The van der Waals surface area contributed by atoms with Crippen LogP contribution < -0.4 is 14.8 Å².